The summed E-state index contributed by atoms with van der Waals surface area (Å²) >= 11 is 0. The van der Waals surface area contributed by atoms with Gasteiger partial charge in [0, 0.05) is 12.6 Å². The number of nitrogens with one attached hydrogen (secondary N) is 1. The third-order valence-corrected chi connectivity index (χ3v) is 4.59. The van der Waals surface area contributed by atoms with Crippen molar-refractivity contribution in [3.63, 3.8) is 0 Å². The Labute approximate surface area is 134 Å². The molecule has 2 aromatic carbocycles. The van der Waals surface area contributed by atoms with Crippen LogP contribution >= 0.6 is 0 Å². The largest absolute Gasteiger partial charge is 0.306 e. The van der Waals surface area contributed by atoms with Crippen molar-refractivity contribution < 1.29 is 0 Å². The smallest absolute Gasteiger partial charge is 0.0294 e. The van der Waals surface area contributed by atoms with Gasteiger partial charge in [0.25, 0.3) is 0 Å². The molecule has 0 radical (unpaired) electrons. The van der Waals surface area contributed by atoms with E-state index in [-0.39, 0.29) is 0 Å². The molecule has 1 aliphatic rings. The first-order chi connectivity index (χ1) is 10.6. The lowest BCUT2D eigenvalue weighted by atomic mass is 9.91. The lowest BCUT2D eigenvalue weighted by Crippen LogP contribution is -2.18. The number of allylic oxidation sites excluding steroid dienone is 1. The van der Waals surface area contributed by atoms with E-state index >= 15 is 0 Å². The van der Waals surface area contributed by atoms with E-state index in [9.17, 15) is 0 Å². The highest BCUT2D eigenvalue weighted by Crippen LogP contribution is 2.24. The molecule has 0 amide bonds. The zero-order valence-electron chi connectivity index (χ0n) is 13.8. The molecule has 1 N–H and O–H groups in total. The standard InChI is InChI=1S/C21H25N/c1-15-4-8-19(9-5-15)17(3)22-14-18-7-11-20-12-16(2)6-10-21(20)13-18/h4-5,7-9,11-13,17,22H,6,10,14H2,1-3H3. The molecule has 1 heteroatoms. The van der Waals surface area contributed by atoms with Crippen molar-refractivity contribution in [2.45, 2.75) is 46.2 Å². The van der Waals surface area contributed by atoms with Crippen LogP contribution in [0.3, 0.4) is 0 Å². The predicted molar refractivity (Wildman–Crippen MR) is 94.8 cm³/mol. The van der Waals surface area contributed by atoms with Gasteiger partial charge in [-0.3, -0.25) is 0 Å². The Morgan fingerprint density at radius 1 is 1.00 bits per heavy atom. The van der Waals surface area contributed by atoms with Gasteiger partial charge in [0.05, 0.1) is 0 Å². The normalized spacial score (nSPS) is 15.1. The van der Waals surface area contributed by atoms with Crippen LogP contribution in [0, 0.1) is 6.92 Å². The van der Waals surface area contributed by atoms with Crippen molar-refractivity contribution in [1.82, 2.24) is 5.32 Å². The molecule has 0 heterocycles. The van der Waals surface area contributed by atoms with E-state index in [2.05, 4.69) is 74.6 Å². The van der Waals surface area contributed by atoms with E-state index < -0.39 is 0 Å². The van der Waals surface area contributed by atoms with Crippen molar-refractivity contribution in [2.24, 2.45) is 0 Å². The molecule has 0 saturated heterocycles. The van der Waals surface area contributed by atoms with Crippen LogP contribution in [-0.4, -0.2) is 0 Å². The monoisotopic (exact) mass is 291 g/mol. The quantitative estimate of drug-likeness (QED) is 0.817. The molecule has 0 aromatic heterocycles. The van der Waals surface area contributed by atoms with Crippen LogP contribution in [0.4, 0.5) is 0 Å². The number of fused-ring (bicyclic) bond motifs is 1. The number of aryl methyl sites for hydroxylation is 2. The molecule has 0 aliphatic heterocycles. The summed E-state index contributed by atoms with van der Waals surface area (Å²) in [6, 6.07) is 16.1. The van der Waals surface area contributed by atoms with Gasteiger partial charge in [0.15, 0.2) is 0 Å². The fourth-order valence-electron chi connectivity index (χ4n) is 3.04. The van der Waals surface area contributed by atoms with Gasteiger partial charge in [-0.2, -0.15) is 0 Å². The van der Waals surface area contributed by atoms with E-state index in [0.29, 0.717) is 6.04 Å². The van der Waals surface area contributed by atoms with Gasteiger partial charge in [0.2, 0.25) is 0 Å². The number of hydrogen-bond acceptors (Lipinski definition) is 1. The van der Waals surface area contributed by atoms with Crippen LogP contribution in [-0.2, 0) is 13.0 Å². The predicted octanol–water partition coefficient (Wildman–Crippen LogP) is 5.20. The van der Waals surface area contributed by atoms with Crippen molar-refractivity contribution in [3.05, 3.63) is 75.9 Å². The van der Waals surface area contributed by atoms with Crippen LogP contribution in [0.2, 0.25) is 0 Å². The summed E-state index contributed by atoms with van der Waals surface area (Å²) in [4.78, 5) is 0. The summed E-state index contributed by atoms with van der Waals surface area (Å²) < 4.78 is 0. The average Bonchev–Trinajstić information content (AvgIpc) is 2.53. The summed E-state index contributed by atoms with van der Waals surface area (Å²) in [5, 5.41) is 3.63. The van der Waals surface area contributed by atoms with Gasteiger partial charge in [-0.1, -0.05) is 59.7 Å². The van der Waals surface area contributed by atoms with Gasteiger partial charge in [-0.05, 0) is 55.9 Å². The van der Waals surface area contributed by atoms with Gasteiger partial charge < -0.3 is 5.32 Å². The second-order valence-corrected chi connectivity index (χ2v) is 6.54. The molecule has 1 nitrogen and oxygen atoms in total. The molecule has 1 atom stereocenters. The Morgan fingerprint density at radius 2 is 1.77 bits per heavy atom. The molecular formula is C21H25N. The highest BCUT2D eigenvalue weighted by Gasteiger charge is 2.09. The SMILES string of the molecule is CC1=Cc2ccc(CNC(C)c3ccc(C)cc3)cc2CC1. The number of rotatable bonds is 4. The molecule has 1 unspecified atom stereocenters. The molecule has 0 fully saturated rings. The maximum atomic E-state index is 3.63. The molecule has 0 bridgehead atoms. The fraction of sp³-hybridized carbons (Fsp3) is 0.333. The Morgan fingerprint density at radius 3 is 2.55 bits per heavy atom. The zero-order valence-corrected chi connectivity index (χ0v) is 13.8. The number of hydrogen-bond donors (Lipinski definition) is 1. The van der Waals surface area contributed by atoms with Crippen molar-refractivity contribution in [3.8, 4) is 0 Å². The molecule has 114 valence electrons. The van der Waals surface area contributed by atoms with Gasteiger partial charge in [0.1, 0.15) is 0 Å². The summed E-state index contributed by atoms with van der Waals surface area (Å²) in [6.07, 6.45) is 4.70. The highest BCUT2D eigenvalue weighted by molar-refractivity contribution is 5.59. The summed E-state index contributed by atoms with van der Waals surface area (Å²) in [5.41, 5.74) is 8.43. The van der Waals surface area contributed by atoms with Crippen molar-refractivity contribution >= 4 is 6.08 Å². The Balaban J connectivity index is 1.65. The Kier molecular flexibility index (Phi) is 4.44. The second-order valence-electron chi connectivity index (χ2n) is 6.54. The minimum Gasteiger partial charge on any atom is -0.306 e. The Hall–Kier alpha value is -1.86. The topological polar surface area (TPSA) is 12.0 Å². The third kappa shape index (κ3) is 3.48. The molecule has 1 aliphatic carbocycles. The second kappa shape index (κ2) is 6.50. The van der Waals surface area contributed by atoms with E-state index in [1.807, 2.05) is 0 Å². The van der Waals surface area contributed by atoms with Crippen LogP contribution in [0.15, 0.2) is 48.0 Å². The van der Waals surface area contributed by atoms with Gasteiger partial charge >= 0.3 is 0 Å². The summed E-state index contributed by atoms with van der Waals surface area (Å²) in [5.74, 6) is 0. The van der Waals surface area contributed by atoms with Crippen LogP contribution in [0.25, 0.3) is 6.08 Å². The molecule has 22 heavy (non-hydrogen) atoms. The molecule has 0 saturated carbocycles. The van der Waals surface area contributed by atoms with Crippen LogP contribution in [0.5, 0.6) is 0 Å². The molecule has 0 spiro atoms. The van der Waals surface area contributed by atoms with E-state index in [1.54, 1.807) is 0 Å². The van der Waals surface area contributed by atoms with Crippen LogP contribution in [0.1, 0.15) is 54.1 Å². The number of benzene rings is 2. The first-order valence-corrected chi connectivity index (χ1v) is 8.21. The maximum Gasteiger partial charge on any atom is 0.0294 e. The minimum atomic E-state index is 0.374. The fourth-order valence-corrected chi connectivity index (χ4v) is 3.04. The van der Waals surface area contributed by atoms with Crippen molar-refractivity contribution in [1.29, 1.82) is 0 Å². The molecule has 2 aromatic rings. The first kappa shape index (κ1) is 15.1. The summed E-state index contributed by atoms with van der Waals surface area (Å²) in [7, 11) is 0. The van der Waals surface area contributed by atoms with E-state index in [0.717, 1.165) is 6.54 Å². The van der Waals surface area contributed by atoms with Crippen molar-refractivity contribution in [2.75, 3.05) is 0 Å². The Bertz CT molecular complexity index is 680. The molecule has 3 rings (SSSR count). The minimum absolute atomic E-state index is 0.374. The van der Waals surface area contributed by atoms with E-state index in [4.69, 9.17) is 0 Å². The maximum absolute atomic E-state index is 3.63. The lowest BCUT2D eigenvalue weighted by molar-refractivity contribution is 0.574. The average molecular weight is 291 g/mol. The first-order valence-electron chi connectivity index (χ1n) is 8.21. The van der Waals surface area contributed by atoms with E-state index in [1.165, 1.54) is 46.2 Å². The lowest BCUT2D eigenvalue weighted by Gasteiger charge is -2.17. The van der Waals surface area contributed by atoms with Crippen LogP contribution < -0.4 is 5.32 Å². The molecular weight excluding hydrogens is 266 g/mol. The van der Waals surface area contributed by atoms with Gasteiger partial charge in [-0.15, -0.1) is 0 Å². The third-order valence-electron chi connectivity index (χ3n) is 4.59. The van der Waals surface area contributed by atoms with Gasteiger partial charge in [-0.25, -0.2) is 0 Å². The zero-order chi connectivity index (χ0) is 15.5. The highest BCUT2D eigenvalue weighted by atomic mass is 14.9. The summed E-state index contributed by atoms with van der Waals surface area (Å²) in [6.45, 7) is 7.51.